The van der Waals surface area contributed by atoms with Crippen LogP contribution in [0.3, 0.4) is 0 Å². The third-order valence-electron chi connectivity index (χ3n) is 7.08. The fourth-order valence-corrected chi connectivity index (χ4v) is 5.73. The number of fused-ring (bicyclic) bond motifs is 5. The Labute approximate surface area is 204 Å². The van der Waals surface area contributed by atoms with Gasteiger partial charge in [0.2, 0.25) is 0 Å². The van der Waals surface area contributed by atoms with Crippen LogP contribution in [0.1, 0.15) is 65.5 Å². The van der Waals surface area contributed by atoms with Gasteiger partial charge in [0.1, 0.15) is 0 Å². The molecule has 0 saturated heterocycles. The molecule has 3 aromatic rings. The van der Waals surface area contributed by atoms with Crippen molar-refractivity contribution in [2.45, 2.75) is 44.9 Å². The molecule has 0 N–H and O–H groups in total. The first kappa shape index (κ1) is 21.7. The summed E-state index contributed by atoms with van der Waals surface area (Å²) in [6.07, 6.45) is 8.65. The molecule has 0 saturated carbocycles. The first-order valence-electron chi connectivity index (χ1n) is 11.1. The topological polar surface area (TPSA) is 0 Å². The Morgan fingerprint density at radius 2 is 1.39 bits per heavy atom. The molecule has 6 rings (SSSR count). The molecule has 0 aromatic heterocycles. The molecule has 0 spiro atoms. The zero-order valence-electron chi connectivity index (χ0n) is 17.7. The summed E-state index contributed by atoms with van der Waals surface area (Å²) in [6, 6.07) is 22.9. The summed E-state index contributed by atoms with van der Waals surface area (Å²) >= 11 is -0.972. The van der Waals surface area contributed by atoms with Gasteiger partial charge in [-0.05, 0) is 83.5 Å². The van der Waals surface area contributed by atoms with Crippen molar-refractivity contribution in [3.05, 3.63) is 106 Å². The van der Waals surface area contributed by atoms with Gasteiger partial charge < -0.3 is 0 Å². The fourth-order valence-electron chi connectivity index (χ4n) is 5.73. The van der Waals surface area contributed by atoms with Gasteiger partial charge in [-0.15, -0.1) is 0 Å². The van der Waals surface area contributed by atoms with Gasteiger partial charge in [0.25, 0.3) is 0 Å². The molecule has 1 atom stereocenters. The molecule has 3 heteroatoms. The Kier molecular flexibility index (Phi) is 6.56. The Hall–Kier alpha value is -1.15. The van der Waals surface area contributed by atoms with Crippen molar-refractivity contribution in [1.29, 1.82) is 0 Å². The molecule has 1 unspecified atom stereocenters. The van der Waals surface area contributed by atoms with E-state index in [0.29, 0.717) is 5.92 Å². The number of allylic oxidation sites excluding steroid dienone is 1. The predicted molar refractivity (Wildman–Crippen MR) is 129 cm³/mol. The van der Waals surface area contributed by atoms with Crippen molar-refractivity contribution in [2.24, 2.45) is 0 Å². The van der Waals surface area contributed by atoms with E-state index in [1.165, 1.54) is 59.4 Å². The van der Waals surface area contributed by atoms with E-state index < -0.39 is 20.5 Å². The van der Waals surface area contributed by atoms with E-state index in [-0.39, 0.29) is 0 Å². The van der Waals surface area contributed by atoms with Crippen molar-refractivity contribution in [3.8, 4) is 11.1 Å². The van der Waals surface area contributed by atoms with Crippen LogP contribution in [0.2, 0.25) is 0 Å². The molecule has 0 amide bonds. The molecule has 0 heterocycles. The average molecular weight is 611 g/mol. The Bertz CT molecular complexity index is 1100. The van der Waals surface area contributed by atoms with Gasteiger partial charge in [-0.1, -0.05) is 72.3 Å². The van der Waals surface area contributed by atoms with Crippen LogP contribution in [0.5, 0.6) is 0 Å². The molecule has 3 aromatic carbocycles. The normalized spacial score (nSPS) is 17.8. The Morgan fingerprint density at radius 1 is 0.839 bits per heavy atom. The van der Waals surface area contributed by atoms with E-state index in [1.807, 2.05) is 0 Å². The van der Waals surface area contributed by atoms with Gasteiger partial charge in [-0.25, -0.2) is 0 Å². The first-order valence-corrected chi connectivity index (χ1v) is 20.0. The quantitative estimate of drug-likeness (QED) is 0.261. The van der Waals surface area contributed by atoms with Crippen molar-refractivity contribution in [1.82, 2.24) is 0 Å². The molecule has 1 radical (unpaired) electrons. The van der Waals surface area contributed by atoms with Crippen molar-refractivity contribution in [3.63, 3.8) is 0 Å². The number of benzene rings is 3. The standard InChI is InChI=1S/C28H25.2ClH.Hf/c1-18-15-21-16-19-7-6-8-20(19)17-28(21)22(18)13-14-27-25-11-4-2-9-23(25)24-10-3-5-12-26(24)27;;;/h2-5,9-12,15-17,22H,6-8,13-14H2,1H3;2*1H;/q;;;+2/p-2. The first-order chi connectivity index (χ1) is 15.2. The summed E-state index contributed by atoms with van der Waals surface area (Å²) in [5.41, 5.74) is 13.5. The number of hydrogen-bond donors (Lipinski definition) is 0. The molecule has 0 aliphatic heterocycles. The maximum atomic E-state index is 4.96. The summed E-state index contributed by atoms with van der Waals surface area (Å²) in [4.78, 5) is 0. The molecule has 155 valence electrons. The maximum absolute atomic E-state index is 4.96. The van der Waals surface area contributed by atoms with Gasteiger partial charge in [0.05, 0.1) is 0 Å². The molecule has 31 heavy (non-hydrogen) atoms. The van der Waals surface area contributed by atoms with Crippen LogP contribution < -0.4 is 0 Å². The van der Waals surface area contributed by atoms with Crippen LogP contribution in [0.4, 0.5) is 0 Å². The molecule has 0 fully saturated rings. The van der Waals surface area contributed by atoms with E-state index in [2.05, 4.69) is 73.7 Å². The van der Waals surface area contributed by atoms with E-state index in [0.717, 1.165) is 6.42 Å². The van der Waals surface area contributed by atoms with Crippen LogP contribution in [-0.4, -0.2) is 0 Å². The van der Waals surface area contributed by atoms with Gasteiger partial charge >= 0.3 is 37.7 Å². The number of halogens is 2. The predicted octanol–water partition coefficient (Wildman–Crippen LogP) is 8.48. The van der Waals surface area contributed by atoms with Crippen molar-refractivity contribution < 1.29 is 20.5 Å². The van der Waals surface area contributed by atoms with Crippen LogP contribution in [0, 0.1) is 5.92 Å². The second-order valence-corrected chi connectivity index (χ2v) is 13.9. The molecule has 3 aliphatic carbocycles. The summed E-state index contributed by atoms with van der Waals surface area (Å²) in [6.45, 7) is 2.33. The minimum atomic E-state index is -0.972. The van der Waals surface area contributed by atoms with Crippen LogP contribution in [0.15, 0.2) is 66.2 Å². The van der Waals surface area contributed by atoms with E-state index in [4.69, 9.17) is 17.2 Å². The van der Waals surface area contributed by atoms with Crippen molar-refractivity contribution >= 4 is 23.2 Å². The van der Waals surface area contributed by atoms with Gasteiger partial charge in [-0.2, -0.15) is 0 Å². The summed E-state index contributed by atoms with van der Waals surface area (Å²) in [5.74, 6) is 2.11. The molecule has 0 bridgehead atoms. The van der Waals surface area contributed by atoms with Crippen LogP contribution in [-0.2, 0) is 33.4 Å². The molecule has 0 nitrogen and oxygen atoms in total. The second kappa shape index (κ2) is 9.38. The zero-order valence-corrected chi connectivity index (χ0v) is 22.8. The second-order valence-electron chi connectivity index (χ2n) is 8.72. The van der Waals surface area contributed by atoms with E-state index >= 15 is 0 Å². The van der Waals surface area contributed by atoms with Crippen molar-refractivity contribution in [2.75, 3.05) is 0 Å². The van der Waals surface area contributed by atoms with E-state index in [9.17, 15) is 0 Å². The molecule has 3 aliphatic rings. The van der Waals surface area contributed by atoms with Gasteiger partial charge in [-0.3, -0.25) is 0 Å². The van der Waals surface area contributed by atoms with Crippen LogP contribution in [0.25, 0.3) is 17.2 Å². The molecular weight excluding hydrogens is 586 g/mol. The SMILES string of the molecule is CC1=Cc2cc3c(cc2C1CC[C]1c2ccccc2-c2ccccc21)CCC3.[Cl][Hf][Cl]. The third kappa shape index (κ3) is 4.03. The number of rotatable bonds is 3. The summed E-state index contributed by atoms with van der Waals surface area (Å²) in [7, 11) is 9.92. The van der Waals surface area contributed by atoms with Gasteiger partial charge in [0, 0.05) is 11.8 Å². The third-order valence-corrected chi connectivity index (χ3v) is 7.08. The number of hydrogen-bond acceptors (Lipinski definition) is 0. The zero-order chi connectivity index (χ0) is 21.4. The van der Waals surface area contributed by atoms with Crippen LogP contribution >= 0.6 is 17.2 Å². The minimum absolute atomic E-state index is 0.577. The Balaban J connectivity index is 0.000000646. The average Bonchev–Trinajstić information content (AvgIpc) is 3.45. The molecular formula is C28H25Cl2Hf. The number of aryl methyl sites for hydroxylation is 2. The summed E-state index contributed by atoms with van der Waals surface area (Å²) in [5, 5.41) is 0. The van der Waals surface area contributed by atoms with Gasteiger partial charge in [0.15, 0.2) is 0 Å². The fraction of sp³-hybridized carbons (Fsp3) is 0.250. The summed E-state index contributed by atoms with van der Waals surface area (Å²) < 4.78 is 0. The van der Waals surface area contributed by atoms with E-state index in [1.54, 1.807) is 22.3 Å². The Morgan fingerprint density at radius 3 is 2.00 bits per heavy atom. The monoisotopic (exact) mass is 611 g/mol.